The maximum atomic E-state index is 11.8. The number of halogens is 1. The van der Waals surface area contributed by atoms with Crippen LogP contribution in [-0.2, 0) is 9.53 Å². The molecule has 1 heterocycles. The SMILES string of the molecule is CC(Sc1ncccc1Br)C(=O)OC(C)(C)C. The molecular formula is C12H16BrNO2S. The summed E-state index contributed by atoms with van der Waals surface area (Å²) in [6, 6.07) is 3.74. The van der Waals surface area contributed by atoms with Gasteiger partial charge in [0.15, 0.2) is 0 Å². The van der Waals surface area contributed by atoms with Crippen molar-refractivity contribution in [2.45, 2.75) is 43.6 Å². The Kier molecular flexibility index (Phi) is 5.01. The summed E-state index contributed by atoms with van der Waals surface area (Å²) < 4.78 is 6.20. The summed E-state index contributed by atoms with van der Waals surface area (Å²) in [5.41, 5.74) is -0.451. The molecule has 0 aliphatic carbocycles. The van der Waals surface area contributed by atoms with Crippen LogP contribution < -0.4 is 0 Å². The van der Waals surface area contributed by atoms with Crippen LogP contribution in [0.5, 0.6) is 0 Å². The van der Waals surface area contributed by atoms with Crippen LogP contribution in [0.2, 0.25) is 0 Å². The third kappa shape index (κ3) is 5.08. The maximum Gasteiger partial charge on any atom is 0.319 e. The minimum Gasteiger partial charge on any atom is -0.459 e. The van der Waals surface area contributed by atoms with Crippen molar-refractivity contribution in [3.8, 4) is 0 Å². The third-order valence-corrected chi connectivity index (χ3v) is 3.75. The Morgan fingerprint density at radius 1 is 1.53 bits per heavy atom. The van der Waals surface area contributed by atoms with Gasteiger partial charge >= 0.3 is 5.97 Å². The molecule has 5 heteroatoms. The number of aromatic nitrogens is 1. The van der Waals surface area contributed by atoms with Crippen LogP contribution in [0.3, 0.4) is 0 Å². The second-order valence-corrected chi connectivity index (χ2v) is 6.77. The number of rotatable bonds is 3. The smallest absolute Gasteiger partial charge is 0.319 e. The molecule has 94 valence electrons. The molecule has 0 fully saturated rings. The van der Waals surface area contributed by atoms with Gasteiger partial charge in [-0.15, -0.1) is 0 Å². The number of pyridine rings is 1. The molecule has 0 spiro atoms. The quantitative estimate of drug-likeness (QED) is 0.630. The van der Waals surface area contributed by atoms with Crippen LogP contribution in [0, 0.1) is 0 Å². The fourth-order valence-corrected chi connectivity index (χ4v) is 2.38. The van der Waals surface area contributed by atoms with Gasteiger partial charge in [-0.25, -0.2) is 4.98 Å². The van der Waals surface area contributed by atoms with E-state index in [2.05, 4.69) is 20.9 Å². The van der Waals surface area contributed by atoms with Crippen molar-refractivity contribution in [1.29, 1.82) is 0 Å². The second kappa shape index (κ2) is 5.87. The molecular weight excluding hydrogens is 302 g/mol. The van der Waals surface area contributed by atoms with E-state index >= 15 is 0 Å². The summed E-state index contributed by atoms with van der Waals surface area (Å²) >= 11 is 4.79. The summed E-state index contributed by atoms with van der Waals surface area (Å²) in [5, 5.41) is 0.520. The largest absolute Gasteiger partial charge is 0.459 e. The van der Waals surface area contributed by atoms with Crippen LogP contribution in [0.25, 0.3) is 0 Å². The summed E-state index contributed by atoms with van der Waals surface area (Å²) in [6.45, 7) is 7.40. The highest BCUT2D eigenvalue weighted by Gasteiger charge is 2.23. The summed E-state index contributed by atoms with van der Waals surface area (Å²) in [6.07, 6.45) is 1.70. The molecule has 0 aromatic carbocycles. The first-order chi connectivity index (χ1) is 7.79. The molecule has 0 aliphatic heterocycles. The van der Waals surface area contributed by atoms with Gasteiger partial charge in [0.25, 0.3) is 0 Å². The number of ether oxygens (including phenoxy) is 1. The van der Waals surface area contributed by atoms with E-state index in [9.17, 15) is 4.79 Å². The minimum absolute atomic E-state index is 0.222. The molecule has 0 aliphatic rings. The maximum absolute atomic E-state index is 11.8. The fourth-order valence-electron chi connectivity index (χ4n) is 1.06. The standard InChI is InChI=1S/C12H16BrNO2S/c1-8(11(15)16-12(2,3)4)17-10-9(13)6-5-7-14-10/h5-8H,1-4H3. The first-order valence-electron chi connectivity index (χ1n) is 5.29. The van der Waals surface area contributed by atoms with Crippen molar-refractivity contribution in [3.63, 3.8) is 0 Å². The molecule has 0 saturated carbocycles. The Morgan fingerprint density at radius 3 is 2.71 bits per heavy atom. The van der Waals surface area contributed by atoms with E-state index < -0.39 is 5.60 Å². The lowest BCUT2D eigenvalue weighted by Crippen LogP contribution is -2.28. The van der Waals surface area contributed by atoms with Gasteiger partial charge in [-0.2, -0.15) is 0 Å². The molecule has 17 heavy (non-hydrogen) atoms. The van der Waals surface area contributed by atoms with Crippen LogP contribution in [0.15, 0.2) is 27.8 Å². The minimum atomic E-state index is -0.451. The Labute approximate surface area is 114 Å². The molecule has 0 amide bonds. The van der Waals surface area contributed by atoms with Gasteiger partial charge in [-0.1, -0.05) is 11.8 Å². The fraction of sp³-hybridized carbons (Fsp3) is 0.500. The number of esters is 1. The van der Waals surface area contributed by atoms with E-state index in [1.807, 2.05) is 39.8 Å². The monoisotopic (exact) mass is 317 g/mol. The average molecular weight is 318 g/mol. The Morgan fingerprint density at radius 2 is 2.18 bits per heavy atom. The summed E-state index contributed by atoms with van der Waals surface area (Å²) in [4.78, 5) is 16.0. The Hall–Kier alpha value is -0.550. The molecule has 3 nitrogen and oxygen atoms in total. The lowest BCUT2D eigenvalue weighted by molar-refractivity contribution is -0.153. The zero-order chi connectivity index (χ0) is 13.1. The van der Waals surface area contributed by atoms with Crippen molar-refractivity contribution in [1.82, 2.24) is 4.98 Å². The molecule has 1 atom stereocenters. The van der Waals surface area contributed by atoms with Gasteiger partial charge in [0.1, 0.15) is 15.9 Å². The first kappa shape index (κ1) is 14.5. The third-order valence-electron chi connectivity index (χ3n) is 1.75. The second-order valence-electron chi connectivity index (χ2n) is 4.58. The molecule has 1 aromatic heterocycles. The van der Waals surface area contributed by atoms with E-state index in [1.54, 1.807) is 6.20 Å². The van der Waals surface area contributed by atoms with Gasteiger partial charge in [0.05, 0.1) is 0 Å². The number of carbonyl (C=O) groups excluding carboxylic acids is 1. The van der Waals surface area contributed by atoms with Crippen molar-refractivity contribution in [2.75, 3.05) is 0 Å². The van der Waals surface area contributed by atoms with Gasteiger partial charge in [-0.05, 0) is 55.8 Å². The Bertz CT molecular complexity index is 404. The predicted octanol–water partition coefficient (Wildman–Crippen LogP) is 3.67. The van der Waals surface area contributed by atoms with Crippen LogP contribution in [-0.4, -0.2) is 21.8 Å². The number of hydrogen-bond acceptors (Lipinski definition) is 4. The number of hydrogen-bond donors (Lipinski definition) is 0. The van der Waals surface area contributed by atoms with Gasteiger partial charge in [0, 0.05) is 10.7 Å². The van der Waals surface area contributed by atoms with Crippen molar-refractivity contribution >= 4 is 33.7 Å². The Balaban J connectivity index is 2.64. The van der Waals surface area contributed by atoms with Crippen LogP contribution in [0.4, 0.5) is 0 Å². The highest BCUT2D eigenvalue weighted by atomic mass is 79.9. The van der Waals surface area contributed by atoms with E-state index in [0.29, 0.717) is 0 Å². The van der Waals surface area contributed by atoms with Gasteiger partial charge in [0.2, 0.25) is 0 Å². The van der Waals surface area contributed by atoms with Crippen molar-refractivity contribution in [3.05, 3.63) is 22.8 Å². The highest BCUT2D eigenvalue weighted by molar-refractivity contribution is 9.10. The average Bonchev–Trinajstić information content (AvgIpc) is 2.18. The van der Waals surface area contributed by atoms with Crippen LogP contribution in [0.1, 0.15) is 27.7 Å². The van der Waals surface area contributed by atoms with Crippen LogP contribution >= 0.6 is 27.7 Å². The number of carbonyl (C=O) groups is 1. The van der Waals surface area contributed by atoms with E-state index in [0.717, 1.165) is 9.50 Å². The van der Waals surface area contributed by atoms with Gasteiger partial charge < -0.3 is 4.74 Å². The van der Waals surface area contributed by atoms with E-state index in [-0.39, 0.29) is 11.2 Å². The zero-order valence-electron chi connectivity index (χ0n) is 10.4. The van der Waals surface area contributed by atoms with Crippen molar-refractivity contribution in [2.24, 2.45) is 0 Å². The first-order valence-corrected chi connectivity index (χ1v) is 6.97. The lowest BCUT2D eigenvalue weighted by Gasteiger charge is -2.21. The van der Waals surface area contributed by atoms with Gasteiger partial charge in [-0.3, -0.25) is 4.79 Å². The lowest BCUT2D eigenvalue weighted by atomic mass is 10.2. The normalized spacial score (nSPS) is 13.2. The number of thioether (sulfide) groups is 1. The summed E-state index contributed by atoms with van der Waals surface area (Å²) in [7, 11) is 0. The van der Waals surface area contributed by atoms with Crippen molar-refractivity contribution < 1.29 is 9.53 Å². The topological polar surface area (TPSA) is 39.2 Å². The summed E-state index contributed by atoms with van der Waals surface area (Å²) in [5.74, 6) is -0.222. The molecule has 1 unspecified atom stereocenters. The molecule has 0 saturated heterocycles. The van der Waals surface area contributed by atoms with E-state index in [1.165, 1.54) is 11.8 Å². The molecule has 0 N–H and O–H groups in total. The molecule has 0 bridgehead atoms. The van der Waals surface area contributed by atoms with E-state index in [4.69, 9.17) is 4.74 Å². The predicted molar refractivity (Wildman–Crippen MR) is 73.1 cm³/mol. The zero-order valence-corrected chi connectivity index (χ0v) is 12.8. The molecule has 0 radical (unpaired) electrons. The molecule has 1 rings (SSSR count). The molecule has 1 aromatic rings. The number of nitrogens with zero attached hydrogens (tertiary/aromatic N) is 1. The highest BCUT2D eigenvalue weighted by Crippen LogP contribution is 2.29.